The molecule has 7 heteroatoms. The number of para-hydroxylation sites is 1. The van der Waals surface area contributed by atoms with Crippen LogP contribution >= 0.6 is 0 Å². The van der Waals surface area contributed by atoms with Crippen LogP contribution in [0.3, 0.4) is 0 Å². The minimum Gasteiger partial charge on any atom is -0.490 e. The van der Waals surface area contributed by atoms with Crippen LogP contribution in [0.2, 0.25) is 0 Å². The maximum atomic E-state index is 12.8. The Labute approximate surface area is 139 Å². The fourth-order valence-electron chi connectivity index (χ4n) is 2.95. The summed E-state index contributed by atoms with van der Waals surface area (Å²) in [6.07, 6.45) is -6.16. The van der Waals surface area contributed by atoms with Gasteiger partial charge in [0.25, 0.3) is 0 Å². The zero-order valence-corrected chi connectivity index (χ0v) is 13.9. The van der Waals surface area contributed by atoms with Gasteiger partial charge in [-0.25, -0.2) is 0 Å². The molecule has 1 aromatic carbocycles. The van der Waals surface area contributed by atoms with Crippen molar-refractivity contribution in [1.29, 1.82) is 0 Å². The van der Waals surface area contributed by atoms with Crippen molar-refractivity contribution in [1.82, 2.24) is 4.90 Å². The van der Waals surface area contributed by atoms with Crippen molar-refractivity contribution < 1.29 is 28.1 Å². The molecule has 24 heavy (non-hydrogen) atoms. The second kappa shape index (κ2) is 7.29. The van der Waals surface area contributed by atoms with Crippen molar-refractivity contribution in [3.63, 3.8) is 0 Å². The van der Waals surface area contributed by atoms with Gasteiger partial charge in [-0.15, -0.1) is 0 Å². The number of β-amino-alcohol motifs (C(OH)–C–C–N with tert-alkyl or cyclic N) is 1. The summed E-state index contributed by atoms with van der Waals surface area (Å²) in [7, 11) is 0. The molecule has 1 aromatic rings. The molecular weight excluding hydrogens is 323 g/mol. The van der Waals surface area contributed by atoms with E-state index in [-0.39, 0.29) is 39.1 Å². The van der Waals surface area contributed by atoms with Crippen LogP contribution in [0, 0.1) is 13.8 Å². The van der Waals surface area contributed by atoms with Gasteiger partial charge in [-0.1, -0.05) is 18.2 Å². The number of halogens is 3. The Morgan fingerprint density at radius 1 is 1.21 bits per heavy atom. The Kier molecular flexibility index (Phi) is 5.78. The van der Waals surface area contributed by atoms with Gasteiger partial charge in [0.1, 0.15) is 18.5 Å². The number of aliphatic hydroxyl groups is 2. The second-order valence-corrected chi connectivity index (χ2v) is 6.52. The molecule has 0 amide bonds. The van der Waals surface area contributed by atoms with E-state index in [2.05, 4.69) is 0 Å². The van der Waals surface area contributed by atoms with Crippen LogP contribution in [0.1, 0.15) is 24.0 Å². The predicted molar refractivity (Wildman–Crippen MR) is 84.1 cm³/mol. The van der Waals surface area contributed by atoms with Gasteiger partial charge >= 0.3 is 6.18 Å². The highest BCUT2D eigenvalue weighted by Gasteiger charge is 2.54. The topological polar surface area (TPSA) is 52.9 Å². The Hall–Kier alpha value is -1.31. The van der Waals surface area contributed by atoms with Crippen LogP contribution in [-0.2, 0) is 0 Å². The number of hydrogen-bond donors (Lipinski definition) is 2. The van der Waals surface area contributed by atoms with Crippen LogP contribution in [-0.4, -0.2) is 59.2 Å². The SMILES string of the molecule is Cc1cccc(C)c1OCC(O)CN1CCC(O)(C(F)(F)F)CC1. The molecule has 1 atom stereocenters. The van der Waals surface area contributed by atoms with Crippen molar-refractivity contribution in [2.24, 2.45) is 0 Å². The highest BCUT2D eigenvalue weighted by molar-refractivity contribution is 5.39. The maximum Gasteiger partial charge on any atom is 0.417 e. The number of ether oxygens (including phenoxy) is 1. The summed E-state index contributed by atoms with van der Waals surface area (Å²) in [6.45, 7) is 4.31. The molecule has 1 unspecified atom stereocenters. The number of alkyl halides is 3. The fourth-order valence-corrected chi connectivity index (χ4v) is 2.95. The van der Waals surface area contributed by atoms with E-state index in [4.69, 9.17) is 4.74 Å². The highest BCUT2D eigenvalue weighted by Crippen LogP contribution is 2.38. The van der Waals surface area contributed by atoms with E-state index in [1.54, 1.807) is 4.90 Å². The number of aliphatic hydroxyl groups excluding tert-OH is 1. The number of benzene rings is 1. The van der Waals surface area contributed by atoms with E-state index in [0.717, 1.165) is 16.9 Å². The van der Waals surface area contributed by atoms with Crippen LogP contribution in [0.4, 0.5) is 13.2 Å². The highest BCUT2D eigenvalue weighted by atomic mass is 19.4. The van der Waals surface area contributed by atoms with Crippen molar-refractivity contribution in [3.05, 3.63) is 29.3 Å². The van der Waals surface area contributed by atoms with Crippen LogP contribution in [0.25, 0.3) is 0 Å². The zero-order valence-electron chi connectivity index (χ0n) is 13.9. The average molecular weight is 347 g/mol. The lowest BCUT2D eigenvalue weighted by atomic mass is 9.90. The van der Waals surface area contributed by atoms with E-state index in [9.17, 15) is 23.4 Å². The summed E-state index contributed by atoms with van der Waals surface area (Å²) in [6, 6.07) is 5.75. The minimum atomic E-state index is -4.61. The molecule has 0 saturated carbocycles. The monoisotopic (exact) mass is 347 g/mol. The van der Waals surface area contributed by atoms with Crippen LogP contribution in [0.5, 0.6) is 5.75 Å². The first-order valence-corrected chi connectivity index (χ1v) is 8.01. The van der Waals surface area contributed by atoms with Gasteiger partial charge in [-0.05, 0) is 37.8 Å². The third-order valence-electron chi connectivity index (χ3n) is 4.51. The molecule has 0 spiro atoms. The molecule has 1 heterocycles. The first-order chi connectivity index (χ1) is 11.1. The van der Waals surface area contributed by atoms with Gasteiger partial charge in [-0.3, -0.25) is 0 Å². The summed E-state index contributed by atoms with van der Waals surface area (Å²) in [4.78, 5) is 1.72. The predicted octanol–water partition coefficient (Wildman–Crippen LogP) is 2.43. The smallest absolute Gasteiger partial charge is 0.417 e. The largest absolute Gasteiger partial charge is 0.490 e. The normalized spacial score (nSPS) is 20.0. The van der Waals surface area contributed by atoms with Crippen molar-refractivity contribution >= 4 is 0 Å². The molecule has 0 aliphatic carbocycles. The molecule has 1 saturated heterocycles. The minimum absolute atomic E-state index is 0.0751. The van der Waals surface area contributed by atoms with Crippen molar-refractivity contribution in [2.75, 3.05) is 26.2 Å². The van der Waals surface area contributed by atoms with E-state index in [0.29, 0.717) is 0 Å². The molecule has 1 aliphatic rings. The van der Waals surface area contributed by atoms with Crippen molar-refractivity contribution in [3.8, 4) is 5.75 Å². The standard InChI is InChI=1S/C17H24F3NO3/c1-12-4-3-5-13(2)15(12)24-11-14(22)10-21-8-6-16(23,7-9-21)17(18,19)20/h3-5,14,22-23H,6-11H2,1-2H3. The molecule has 2 N–H and O–H groups in total. The van der Waals surface area contributed by atoms with Crippen molar-refractivity contribution in [2.45, 2.75) is 44.6 Å². The number of rotatable bonds is 5. The lowest BCUT2D eigenvalue weighted by Gasteiger charge is -2.39. The molecule has 0 aromatic heterocycles. The summed E-state index contributed by atoms with van der Waals surface area (Å²) >= 11 is 0. The van der Waals surface area contributed by atoms with Gasteiger partial charge < -0.3 is 19.8 Å². The number of hydrogen-bond acceptors (Lipinski definition) is 4. The van der Waals surface area contributed by atoms with Gasteiger partial charge in [0.2, 0.25) is 0 Å². The maximum absolute atomic E-state index is 12.8. The quantitative estimate of drug-likeness (QED) is 0.859. The average Bonchev–Trinajstić information content (AvgIpc) is 2.48. The molecule has 1 fully saturated rings. The second-order valence-electron chi connectivity index (χ2n) is 6.52. The number of likely N-dealkylation sites (tertiary alicyclic amines) is 1. The van der Waals surface area contributed by atoms with Gasteiger partial charge in [0, 0.05) is 19.6 Å². The molecule has 2 rings (SSSR count). The first-order valence-electron chi connectivity index (χ1n) is 8.01. The molecule has 0 radical (unpaired) electrons. The summed E-state index contributed by atoms with van der Waals surface area (Å²) in [5.74, 6) is 0.724. The Balaban J connectivity index is 1.81. The van der Waals surface area contributed by atoms with E-state index in [1.807, 2.05) is 32.0 Å². The Morgan fingerprint density at radius 3 is 2.25 bits per heavy atom. The van der Waals surface area contributed by atoms with Crippen LogP contribution < -0.4 is 4.74 Å². The van der Waals surface area contributed by atoms with Crippen LogP contribution in [0.15, 0.2) is 18.2 Å². The molecule has 136 valence electrons. The van der Waals surface area contributed by atoms with Gasteiger partial charge in [-0.2, -0.15) is 13.2 Å². The zero-order chi connectivity index (χ0) is 18.0. The fraction of sp³-hybridized carbons (Fsp3) is 0.647. The number of nitrogens with zero attached hydrogens (tertiary/aromatic N) is 1. The third kappa shape index (κ3) is 4.40. The Bertz CT molecular complexity index is 534. The van der Waals surface area contributed by atoms with E-state index in [1.165, 1.54) is 0 Å². The number of piperidine rings is 1. The summed E-state index contributed by atoms with van der Waals surface area (Å²) < 4.78 is 43.9. The van der Waals surface area contributed by atoms with E-state index >= 15 is 0 Å². The lowest BCUT2D eigenvalue weighted by Crippen LogP contribution is -2.54. The first kappa shape index (κ1) is 19.0. The number of aryl methyl sites for hydroxylation is 2. The van der Waals surface area contributed by atoms with E-state index < -0.39 is 17.9 Å². The summed E-state index contributed by atoms with van der Waals surface area (Å²) in [5.41, 5.74) is -0.672. The molecule has 4 nitrogen and oxygen atoms in total. The lowest BCUT2D eigenvalue weighted by molar-refractivity contribution is -0.273. The molecule has 0 bridgehead atoms. The van der Waals surface area contributed by atoms with Gasteiger partial charge in [0.15, 0.2) is 5.60 Å². The molecule has 1 aliphatic heterocycles. The Morgan fingerprint density at radius 2 is 1.75 bits per heavy atom. The molecular formula is C17H24F3NO3. The van der Waals surface area contributed by atoms with Gasteiger partial charge in [0.05, 0.1) is 0 Å². The summed E-state index contributed by atoms with van der Waals surface area (Å²) in [5, 5.41) is 19.7. The third-order valence-corrected chi connectivity index (χ3v) is 4.51.